The second kappa shape index (κ2) is 9.56. The quantitative estimate of drug-likeness (QED) is 0.451. The molecule has 0 saturated carbocycles. The molecule has 0 fully saturated rings. The Balaban J connectivity index is 1.52. The van der Waals surface area contributed by atoms with E-state index in [2.05, 4.69) is 17.2 Å². The van der Waals surface area contributed by atoms with Gasteiger partial charge in [0.15, 0.2) is 6.10 Å². The summed E-state index contributed by atoms with van der Waals surface area (Å²) in [5.41, 5.74) is 3.87. The van der Waals surface area contributed by atoms with Gasteiger partial charge in [-0.05, 0) is 55.7 Å². The molecular formula is C23H24N2O3S. The lowest BCUT2D eigenvalue weighted by molar-refractivity contribution is -0.150. The Morgan fingerprint density at radius 3 is 2.59 bits per heavy atom. The van der Waals surface area contributed by atoms with Gasteiger partial charge < -0.3 is 10.1 Å². The Bertz CT molecular complexity index is 1020. The Hall–Kier alpha value is -2.86. The van der Waals surface area contributed by atoms with Gasteiger partial charge in [-0.25, -0.2) is 4.98 Å². The summed E-state index contributed by atoms with van der Waals surface area (Å²) < 4.78 is 5.27. The maximum Gasteiger partial charge on any atom is 0.317 e. The molecule has 0 saturated heterocycles. The molecule has 3 rings (SSSR count). The van der Waals surface area contributed by atoms with Gasteiger partial charge in [0.1, 0.15) is 0 Å². The van der Waals surface area contributed by atoms with Crippen molar-refractivity contribution in [1.82, 2.24) is 4.98 Å². The number of carbonyl (C=O) groups excluding carboxylic acids is 2. The van der Waals surface area contributed by atoms with Gasteiger partial charge in [0.05, 0.1) is 16.3 Å². The number of pyridine rings is 1. The summed E-state index contributed by atoms with van der Waals surface area (Å²) >= 11 is 1.30. The van der Waals surface area contributed by atoms with Crippen LogP contribution >= 0.6 is 11.8 Å². The van der Waals surface area contributed by atoms with Crippen molar-refractivity contribution < 1.29 is 14.3 Å². The molecule has 1 aromatic heterocycles. The van der Waals surface area contributed by atoms with Crippen molar-refractivity contribution >= 4 is 40.2 Å². The van der Waals surface area contributed by atoms with Crippen LogP contribution in [0.25, 0.3) is 10.9 Å². The molecule has 0 bridgehead atoms. The molecule has 1 heterocycles. The van der Waals surface area contributed by atoms with E-state index < -0.39 is 12.1 Å². The monoisotopic (exact) mass is 408 g/mol. The number of hydrogen-bond donors (Lipinski definition) is 1. The van der Waals surface area contributed by atoms with Crippen LogP contribution in [0.4, 0.5) is 5.69 Å². The molecule has 1 amide bonds. The first kappa shape index (κ1) is 20.9. The molecule has 0 unspecified atom stereocenters. The molecule has 1 N–H and O–H groups in total. The van der Waals surface area contributed by atoms with Crippen LogP contribution in [-0.4, -0.2) is 28.7 Å². The SMILES string of the molecule is CCc1ccc(NC(=O)[C@H](C)OC(=O)CSc2cc(C)c3ccccc3n2)cc1. The highest BCUT2D eigenvalue weighted by molar-refractivity contribution is 7.99. The molecule has 2 aromatic carbocycles. The third-order valence-electron chi connectivity index (χ3n) is 4.54. The number of hydrogen-bond acceptors (Lipinski definition) is 5. The number of carbonyl (C=O) groups is 2. The fraction of sp³-hybridized carbons (Fsp3) is 0.261. The number of nitrogens with zero attached hydrogens (tertiary/aromatic N) is 1. The van der Waals surface area contributed by atoms with Crippen molar-refractivity contribution in [3.63, 3.8) is 0 Å². The maximum atomic E-state index is 12.3. The van der Waals surface area contributed by atoms with Gasteiger partial charge in [-0.2, -0.15) is 0 Å². The number of para-hydroxylation sites is 1. The normalized spacial score (nSPS) is 11.8. The number of benzene rings is 2. The van der Waals surface area contributed by atoms with Crippen LogP contribution in [0.3, 0.4) is 0 Å². The summed E-state index contributed by atoms with van der Waals surface area (Å²) in [5, 5.41) is 4.61. The Kier molecular flexibility index (Phi) is 6.88. The highest BCUT2D eigenvalue weighted by Gasteiger charge is 2.18. The summed E-state index contributed by atoms with van der Waals surface area (Å²) in [4.78, 5) is 29.0. The van der Waals surface area contributed by atoms with E-state index in [0.717, 1.165) is 27.9 Å². The van der Waals surface area contributed by atoms with E-state index >= 15 is 0 Å². The summed E-state index contributed by atoms with van der Waals surface area (Å²) in [5.74, 6) is -0.716. The highest BCUT2D eigenvalue weighted by atomic mass is 32.2. The predicted molar refractivity (Wildman–Crippen MR) is 117 cm³/mol. The van der Waals surface area contributed by atoms with Crippen molar-refractivity contribution in [3.8, 4) is 0 Å². The third kappa shape index (κ3) is 5.57. The van der Waals surface area contributed by atoms with Gasteiger partial charge >= 0.3 is 5.97 Å². The number of nitrogens with one attached hydrogen (secondary N) is 1. The van der Waals surface area contributed by atoms with Gasteiger partial charge in [0.25, 0.3) is 5.91 Å². The molecule has 29 heavy (non-hydrogen) atoms. The zero-order valence-corrected chi connectivity index (χ0v) is 17.6. The first-order valence-corrected chi connectivity index (χ1v) is 10.5. The Labute approximate surface area is 174 Å². The smallest absolute Gasteiger partial charge is 0.317 e. The molecule has 0 aliphatic carbocycles. The average molecular weight is 409 g/mol. The lowest BCUT2D eigenvalue weighted by atomic mass is 10.1. The number of aryl methyl sites for hydroxylation is 2. The summed E-state index contributed by atoms with van der Waals surface area (Å²) in [6.45, 7) is 5.66. The first-order valence-electron chi connectivity index (χ1n) is 9.54. The second-order valence-corrected chi connectivity index (χ2v) is 7.75. The molecule has 1 atom stereocenters. The fourth-order valence-electron chi connectivity index (χ4n) is 2.88. The maximum absolute atomic E-state index is 12.3. The van der Waals surface area contributed by atoms with E-state index in [9.17, 15) is 9.59 Å². The number of anilines is 1. The van der Waals surface area contributed by atoms with Gasteiger partial charge in [0, 0.05) is 11.1 Å². The molecule has 3 aromatic rings. The van der Waals surface area contributed by atoms with Crippen LogP contribution in [-0.2, 0) is 20.7 Å². The average Bonchev–Trinajstić information content (AvgIpc) is 2.73. The van der Waals surface area contributed by atoms with Crippen LogP contribution in [0.2, 0.25) is 0 Å². The van der Waals surface area contributed by atoms with Gasteiger partial charge in [-0.3, -0.25) is 9.59 Å². The van der Waals surface area contributed by atoms with Crippen molar-refractivity contribution in [1.29, 1.82) is 0 Å². The molecule has 6 heteroatoms. The number of aromatic nitrogens is 1. The summed E-state index contributed by atoms with van der Waals surface area (Å²) in [6.07, 6.45) is 0.0612. The summed E-state index contributed by atoms with van der Waals surface area (Å²) in [7, 11) is 0. The Morgan fingerprint density at radius 1 is 1.14 bits per heavy atom. The standard InChI is InChI=1S/C23H24N2O3S/c1-4-17-9-11-18(12-10-17)24-23(27)16(3)28-22(26)14-29-21-13-15(2)19-7-5-6-8-20(19)25-21/h5-13,16H,4,14H2,1-3H3,(H,24,27)/t16-/m0/s1. The van der Waals surface area contributed by atoms with Crippen LogP contribution in [0.5, 0.6) is 0 Å². The zero-order chi connectivity index (χ0) is 20.8. The molecule has 0 aliphatic rings. The fourth-order valence-corrected chi connectivity index (χ4v) is 3.63. The number of thioether (sulfide) groups is 1. The van der Waals surface area contributed by atoms with E-state index in [4.69, 9.17) is 4.74 Å². The summed E-state index contributed by atoms with van der Waals surface area (Å²) in [6, 6.07) is 17.4. The second-order valence-electron chi connectivity index (χ2n) is 6.76. The first-order chi connectivity index (χ1) is 14.0. The van der Waals surface area contributed by atoms with Crippen LogP contribution < -0.4 is 5.32 Å². The van der Waals surface area contributed by atoms with Crippen molar-refractivity contribution in [2.75, 3.05) is 11.1 Å². The van der Waals surface area contributed by atoms with E-state index in [1.807, 2.05) is 61.5 Å². The minimum atomic E-state index is -0.875. The number of amides is 1. The molecule has 5 nitrogen and oxygen atoms in total. The van der Waals surface area contributed by atoms with E-state index in [-0.39, 0.29) is 11.7 Å². The van der Waals surface area contributed by atoms with Crippen LogP contribution in [0.1, 0.15) is 25.0 Å². The van der Waals surface area contributed by atoms with Crippen molar-refractivity contribution in [2.45, 2.75) is 38.3 Å². The molecule has 0 spiro atoms. The number of rotatable bonds is 7. The van der Waals surface area contributed by atoms with Gasteiger partial charge in [-0.1, -0.05) is 49.0 Å². The van der Waals surface area contributed by atoms with Crippen LogP contribution in [0, 0.1) is 6.92 Å². The third-order valence-corrected chi connectivity index (χ3v) is 5.43. The van der Waals surface area contributed by atoms with Gasteiger partial charge in [-0.15, -0.1) is 0 Å². The zero-order valence-electron chi connectivity index (χ0n) is 16.8. The van der Waals surface area contributed by atoms with Crippen LogP contribution in [0.15, 0.2) is 59.6 Å². The molecule has 0 radical (unpaired) electrons. The number of esters is 1. The largest absolute Gasteiger partial charge is 0.452 e. The topological polar surface area (TPSA) is 68.3 Å². The molecule has 0 aliphatic heterocycles. The predicted octanol–water partition coefficient (Wildman–Crippen LogP) is 4.77. The van der Waals surface area contributed by atoms with Gasteiger partial charge in [0.2, 0.25) is 0 Å². The highest BCUT2D eigenvalue weighted by Crippen LogP contribution is 2.23. The lowest BCUT2D eigenvalue weighted by Crippen LogP contribution is -2.30. The van der Waals surface area contributed by atoms with E-state index in [0.29, 0.717) is 5.69 Å². The molecular weight excluding hydrogens is 384 g/mol. The minimum absolute atomic E-state index is 0.0909. The number of fused-ring (bicyclic) bond motifs is 1. The van der Waals surface area contributed by atoms with E-state index in [1.54, 1.807) is 6.92 Å². The minimum Gasteiger partial charge on any atom is -0.452 e. The van der Waals surface area contributed by atoms with Crippen molar-refractivity contribution in [2.24, 2.45) is 0 Å². The number of ether oxygens (including phenoxy) is 1. The van der Waals surface area contributed by atoms with Crippen molar-refractivity contribution in [3.05, 3.63) is 65.7 Å². The Morgan fingerprint density at radius 2 is 1.86 bits per heavy atom. The molecule has 150 valence electrons. The van der Waals surface area contributed by atoms with E-state index in [1.165, 1.54) is 17.3 Å². The lowest BCUT2D eigenvalue weighted by Gasteiger charge is -2.14.